The number of hydrogen-bond donors (Lipinski definition) is 1. The van der Waals surface area contributed by atoms with Gasteiger partial charge in [0.05, 0.1) is 25.6 Å². The van der Waals surface area contributed by atoms with Gasteiger partial charge in [0.25, 0.3) is 11.8 Å². The number of halogens is 1. The highest BCUT2D eigenvalue weighted by Crippen LogP contribution is 2.31. The second-order valence-electron chi connectivity index (χ2n) is 8.59. The molecule has 0 atom stereocenters. The first kappa shape index (κ1) is 25.8. The Morgan fingerprint density at radius 3 is 2.28 bits per heavy atom. The van der Waals surface area contributed by atoms with Crippen molar-refractivity contribution in [2.45, 2.75) is 0 Å². The van der Waals surface area contributed by atoms with Gasteiger partial charge in [-0.25, -0.2) is 4.99 Å². The van der Waals surface area contributed by atoms with E-state index in [2.05, 4.69) is 10.3 Å². The zero-order valence-electron chi connectivity index (χ0n) is 21.2. The van der Waals surface area contributed by atoms with E-state index in [-0.39, 0.29) is 11.8 Å². The molecule has 194 valence electrons. The van der Waals surface area contributed by atoms with Crippen LogP contribution < -0.4 is 19.7 Å². The predicted octanol–water partition coefficient (Wildman–Crippen LogP) is 6.44. The fourth-order valence-electron chi connectivity index (χ4n) is 4.12. The van der Waals surface area contributed by atoms with Crippen molar-refractivity contribution in [1.29, 1.82) is 0 Å². The summed E-state index contributed by atoms with van der Waals surface area (Å²) in [5.41, 5.74) is 3.36. The molecule has 0 saturated carbocycles. The number of nitrogens with zero attached hydrogens (tertiary/aromatic N) is 2. The van der Waals surface area contributed by atoms with Crippen molar-refractivity contribution in [3.8, 4) is 11.5 Å². The zero-order chi connectivity index (χ0) is 27.4. The van der Waals surface area contributed by atoms with Crippen LogP contribution in [0, 0.1) is 0 Å². The van der Waals surface area contributed by atoms with Crippen LogP contribution >= 0.6 is 11.6 Å². The molecule has 2 amide bonds. The Kier molecular flexibility index (Phi) is 7.43. The van der Waals surface area contributed by atoms with Crippen LogP contribution in [0.2, 0.25) is 5.02 Å². The van der Waals surface area contributed by atoms with Gasteiger partial charge in [0.2, 0.25) is 0 Å². The molecule has 39 heavy (non-hydrogen) atoms. The van der Waals surface area contributed by atoms with Crippen molar-refractivity contribution in [3.63, 3.8) is 0 Å². The summed E-state index contributed by atoms with van der Waals surface area (Å²) in [6.07, 6.45) is 1.73. The fourth-order valence-corrected chi connectivity index (χ4v) is 4.25. The lowest BCUT2D eigenvalue weighted by atomic mass is 10.1. The van der Waals surface area contributed by atoms with E-state index in [1.807, 2.05) is 42.5 Å². The lowest BCUT2D eigenvalue weighted by Crippen LogP contribution is -2.32. The molecule has 7 nitrogen and oxygen atoms in total. The number of anilines is 2. The minimum atomic E-state index is -0.332. The van der Waals surface area contributed by atoms with Gasteiger partial charge in [-0.2, -0.15) is 0 Å². The molecular formula is C31H24ClN3O4. The van der Waals surface area contributed by atoms with Crippen LogP contribution in [0.15, 0.2) is 108 Å². The molecule has 0 saturated heterocycles. The van der Waals surface area contributed by atoms with Crippen LogP contribution in [0.1, 0.15) is 21.5 Å². The minimum Gasteiger partial charge on any atom is -0.497 e. The molecule has 0 unspecified atom stereocenters. The van der Waals surface area contributed by atoms with Crippen LogP contribution in [0.25, 0.3) is 6.08 Å². The van der Waals surface area contributed by atoms with E-state index in [1.54, 1.807) is 72.7 Å². The number of nitrogens with one attached hydrogen (secondary N) is 1. The van der Waals surface area contributed by atoms with Crippen molar-refractivity contribution in [3.05, 3.63) is 124 Å². The molecule has 4 aromatic rings. The molecule has 1 aliphatic heterocycles. The van der Waals surface area contributed by atoms with Crippen LogP contribution in [0.3, 0.4) is 0 Å². The summed E-state index contributed by atoms with van der Waals surface area (Å²) in [5.74, 6) is 0.985. The lowest BCUT2D eigenvalue weighted by Gasteiger charge is -2.19. The number of carbonyl (C=O) groups excluding carboxylic acids is 2. The molecule has 1 heterocycles. The van der Waals surface area contributed by atoms with E-state index in [4.69, 9.17) is 21.1 Å². The number of amidine groups is 1. The molecule has 0 radical (unpaired) electrons. The molecule has 1 aliphatic rings. The van der Waals surface area contributed by atoms with Crippen molar-refractivity contribution in [1.82, 2.24) is 0 Å². The van der Waals surface area contributed by atoms with Crippen LogP contribution in [-0.2, 0) is 4.79 Å². The van der Waals surface area contributed by atoms with Crippen LogP contribution in [0.5, 0.6) is 11.5 Å². The predicted molar refractivity (Wildman–Crippen MR) is 154 cm³/mol. The van der Waals surface area contributed by atoms with Crippen LogP contribution in [0.4, 0.5) is 11.4 Å². The number of carbonyl (C=O) groups is 2. The number of methoxy groups -OCH3 is 2. The average molecular weight is 538 g/mol. The van der Waals surface area contributed by atoms with Gasteiger partial charge < -0.3 is 14.8 Å². The summed E-state index contributed by atoms with van der Waals surface area (Å²) >= 11 is 6.01. The first-order valence-corrected chi connectivity index (χ1v) is 12.4. The Labute approximate surface area is 231 Å². The van der Waals surface area contributed by atoms with Gasteiger partial charge in [0.1, 0.15) is 23.0 Å². The SMILES string of the molecule is COc1ccc(OC)c(NC(=O)c2ccc(N3C(=O)C(=Cc4ccc(Cl)cc4)N=C3c3ccccc3)cc2)c1. The summed E-state index contributed by atoms with van der Waals surface area (Å²) in [6, 6.07) is 28.6. The molecule has 8 heteroatoms. The van der Waals surface area contributed by atoms with Crippen molar-refractivity contribution < 1.29 is 19.1 Å². The van der Waals surface area contributed by atoms with E-state index < -0.39 is 0 Å². The van der Waals surface area contributed by atoms with Gasteiger partial charge in [-0.05, 0) is 60.2 Å². The molecule has 0 aromatic heterocycles. The third-order valence-electron chi connectivity index (χ3n) is 6.11. The molecule has 5 rings (SSSR count). The Morgan fingerprint density at radius 2 is 1.62 bits per heavy atom. The summed E-state index contributed by atoms with van der Waals surface area (Å²) in [7, 11) is 3.08. The highest BCUT2D eigenvalue weighted by molar-refractivity contribution is 6.33. The van der Waals surface area contributed by atoms with Gasteiger partial charge in [-0.3, -0.25) is 14.5 Å². The minimum absolute atomic E-state index is 0.276. The zero-order valence-corrected chi connectivity index (χ0v) is 22.0. The first-order chi connectivity index (χ1) is 19.0. The molecule has 1 N–H and O–H groups in total. The van der Waals surface area contributed by atoms with E-state index in [0.29, 0.717) is 45.0 Å². The summed E-state index contributed by atoms with van der Waals surface area (Å²) in [6.45, 7) is 0. The average Bonchev–Trinajstić information content (AvgIpc) is 3.30. The smallest absolute Gasteiger partial charge is 0.282 e. The molecule has 4 aromatic carbocycles. The lowest BCUT2D eigenvalue weighted by molar-refractivity contribution is -0.113. The monoisotopic (exact) mass is 537 g/mol. The van der Waals surface area contributed by atoms with Gasteiger partial charge in [-0.1, -0.05) is 54.1 Å². The first-order valence-electron chi connectivity index (χ1n) is 12.1. The number of benzene rings is 4. The van der Waals surface area contributed by atoms with Gasteiger partial charge in [0, 0.05) is 22.2 Å². The quantitative estimate of drug-likeness (QED) is 0.275. The Bertz CT molecular complexity index is 1580. The number of aliphatic imine (C=N–C) groups is 1. The fraction of sp³-hybridized carbons (Fsp3) is 0.0645. The standard InChI is InChI=1S/C31H24ClN3O4/c1-38-25-16-17-28(39-2)26(19-25)34-30(36)22-10-14-24(15-11-22)35-29(21-6-4-3-5-7-21)33-27(31(35)37)18-20-8-12-23(32)13-9-20/h3-19H,1-2H3,(H,34,36). The molecule has 0 spiro atoms. The van der Waals surface area contributed by atoms with E-state index in [9.17, 15) is 9.59 Å². The highest BCUT2D eigenvalue weighted by atomic mass is 35.5. The third-order valence-corrected chi connectivity index (χ3v) is 6.36. The van der Waals surface area contributed by atoms with E-state index >= 15 is 0 Å². The largest absolute Gasteiger partial charge is 0.497 e. The number of amides is 2. The maximum absolute atomic E-state index is 13.6. The van der Waals surface area contributed by atoms with Gasteiger partial charge in [0.15, 0.2) is 0 Å². The normalized spacial score (nSPS) is 13.8. The van der Waals surface area contributed by atoms with Crippen LogP contribution in [-0.4, -0.2) is 31.9 Å². The van der Waals surface area contributed by atoms with E-state index in [1.165, 1.54) is 7.11 Å². The second kappa shape index (κ2) is 11.2. The maximum Gasteiger partial charge on any atom is 0.282 e. The number of ether oxygens (including phenoxy) is 2. The third kappa shape index (κ3) is 5.54. The molecule has 0 aliphatic carbocycles. The molecular weight excluding hydrogens is 514 g/mol. The number of hydrogen-bond acceptors (Lipinski definition) is 5. The van der Waals surface area contributed by atoms with Gasteiger partial charge >= 0.3 is 0 Å². The summed E-state index contributed by atoms with van der Waals surface area (Å²) in [4.78, 5) is 32.8. The van der Waals surface area contributed by atoms with E-state index in [0.717, 1.165) is 11.1 Å². The highest BCUT2D eigenvalue weighted by Gasteiger charge is 2.32. The Hall–Kier alpha value is -4.88. The molecule has 0 fully saturated rings. The van der Waals surface area contributed by atoms with Crippen molar-refractivity contribution >= 4 is 46.7 Å². The maximum atomic E-state index is 13.6. The number of rotatable bonds is 7. The summed E-state index contributed by atoms with van der Waals surface area (Å²) in [5, 5.41) is 3.47. The van der Waals surface area contributed by atoms with Crippen molar-refractivity contribution in [2.75, 3.05) is 24.4 Å². The Morgan fingerprint density at radius 1 is 0.897 bits per heavy atom. The van der Waals surface area contributed by atoms with Gasteiger partial charge in [-0.15, -0.1) is 0 Å². The second-order valence-corrected chi connectivity index (χ2v) is 9.03. The van der Waals surface area contributed by atoms with Crippen molar-refractivity contribution in [2.24, 2.45) is 4.99 Å². The topological polar surface area (TPSA) is 80.2 Å². The molecule has 0 bridgehead atoms. The Balaban J connectivity index is 1.44. The summed E-state index contributed by atoms with van der Waals surface area (Å²) < 4.78 is 10.6.